The van der Waals surface area contributed by atoms with E-state index in [-0.39, 0.29) is 36.6 Å². The number of nitrogens with one attached hydrogen (secondary N) is 3. The van der Waals surface area contributed by atoms with Crippen LogP contribution in [0, 0.1) is 11.8 Å². The number of sulfonamides is 1. The van der Waals surface area contributed by atoms with Gasteiger partial charge in [0, 0.05) is 29.6 Å². The number of fused-ring (bicyclic) bond motifs is 1. The molecule has 3 aromatic carbocycles. The van der Waals surface area contributed by atoms with Crippen molar-refractivity contribution in [3.05, 3.63) is 101 Å². The molecule has 3 aromatic rings. The van der Waals surface area contributed by atoms with Crippen molar-refractivity contribution in [3.63, 3.8) is 0 Å². The van der Waals surface area contributed by atoms with Crippen LogP contribution in [0.5, 0.6) is 11.5 Å². The number of halogens is 1. The first kappa shape index (κ1) is 37.4. The number of ether oxygens (including phenoxy) is 1. The van der Waals surface area contributed by atoms with Gasteiger partial charge in [0.15, 0.2) is 0 Å². The van der Waals surface area contributed by atoms with Gasteiger partial charge in [-0.3, -0.25) is 19.1 Å². The van der Waals surface area contributed by atoms with Crippen molar-refractivity contribution in [1.29, 1.82) is 0 Å². The Morgan fingerprint density at radius 2 is 1.71 bits per heavy atom. The maximum absolute atomic E-state index is 14.7. The van der Waals surface area contributed by atoms with Gasteiger partial charge in [-0.25, -0.2) is 8.42 Å². The van der Waals surface area contributed by atoms with Crippen LogP contribution < -0.4 is 20.1 Å². The number of rotatable bonds is 12. The summed E-state index contributed by atoms with van der Waals surface area (Å²) in [6, 6.07) is 18.9. The Morgan fingerprint density at radius 3 is 2.35 bits per heavy atom. The smallest absolute Gasteiger partial charge is 0.259 e. The molecule has 0 saturated heterocycles. The highest BCUT2D eigenvalue weighted by Crippen LogP contribution is 2.45. The van der Waals surface area contributed by atoms with Crippen LogP contribution in [0.25, 0.3) is 0 Å². The third kappa shape index (κ3) is 8.00. The van der Waals surface area contributed by atoms with E-state index < -0.39 is 50.6 Å². The van der Waals surface area contributed by atoms with Crippen molar-refractivity contribution >= 4 is 45.0 Å². The Labute approximate surface area is 311 Å². The second-order valence-corrected chi connectivity index (χ2v) is 18.0. The van der Waals surface area contributed by atoms with E-state index in [0.29, 0.717) is 29.4 Å². The van der Waals surface area contributed by atoms with E-state index in [1.54, 1.807) is 35.2 Å². The summed E-state index contributed by atoms with van der Waals surface area (Å²) in [5.41, 5.74) is 1.97. The van der Waals surface area contributed by atoms with Gasteiger partial charge in [0.1, 0.15) is 29.1 Å². The predicted molar refractivity (Wildman–Crippen MR) is 203 cm³/mol. The lowest BCUT2D eigenvalue weighted by Gasteiger charge is -2.39. The number of anilines is 1. The molecule has 4 atom stereocenters. The maximum Gasteiger partial charge on any atom is 0.259 e. The highest BCUT2D eigenvalue weighted by molar-refractivity contribution is 7.91. The fourth-order valence-electron chi connectivity index (χ4n) is 6.72. The van der Waals surface area contributed by atoms with Gasteiger partial charge in [-0.2, -0.15) is 0 Å². The largest absolute Gasteiger partial charge is 0.457 e. The molecule has 0 aromatic heterocycles. The number of amides is 3. The Balaban J connectivity index is 1.32. The van der Waals surface area contributed by atoms with E-state index in [4.69, 9.17) is 16.3 Å². The summed E-state index contributed by atoms with van der Waals surface area (Å²) in [5.74, 6) is -1.15. The normalized spacial score (nSPS) is 21.8. The quantitative estimate of drug-likeness (QED) is 0.181. The number of carbonyl (C=O) groups excluding carboxylic acids is 3. The highest BCUT2D eigenvalue weighted by atomic mass is 35.5. The van der Waals surface area contributed by atoms with Crippen molar-refractivity contribution in [2.75, 3.05) is 5.32 Å². The van der Waals surface area contributed by atoms with Gasteiger partial charge in [0.2, 0.25) is 21.8 Å². The molecule has 52 heavy (non-hydrogen) atoms. The first-order chi connectivity index (χ1) is 24.5. The lowest BCUT2D eigenvalue weighted by molar-refractivity contribution is -0.144. The molecule has 3 N–H and O–H groups in total. The summed E-state index contributed by atoms with van der Waals surface area (Å²) >= 11 is 6.17. The first-order valence-corrected chi connectivity index (χ1v) is 19.7. The monoisotopic (exact) mass is 746 g/mol. The van der Waals surface area contributed by atoms with Crippen molar-refractivity contribution < 1.29 is 27.5 Å². The Hall–Kier alpha value is -4.35. The molecule has 10 nitrogen and oxygen atoms in total. The van der Waals surface area contributed by atoms with Gasteiger partial charge in [0.05, 0.1) is 5.25 Å². The zero-order valence-corrected chi connectivity index (χ0v) is 31.8. The third-order valence-corrected chi connectivity index (χ3v) is 12.2. The minimum atomic E-state index is -3.86. The lowest BCUT2D eigenvalue weighted by Crippen LogP contribution is -2.61. The minimum absolute atomic E-state index is 0.101. The highest BCUT2D eigenvalue weighted by Gasteiger charge is 2.61. The average Bonchev–Trinajstić information content (AvgIpc) is 4.02. The number of carbonyl (C=O) groups is 3. The molecule has 2 saturated carbocycles. The molecule has 3 aliphatic rings. The van der Waals surface area contributed by atoms with Crippen molar-refractivity contribution in [3.8, 4) is 11.5 Å². The second-order valence-electron chi connectivity index (χ2n) is 15.6. The molecule has 1 aliphatic heterocycles. The molecule has 0 spiro atoms. The zero-order valence-electron chi connectivity index (χ0n) is 30.2. The predicted octanol–water partition coefficient (Wildman–Crippen LogP) is 6.49. The molecule has 1 heterocycles. The van der Waals surface area contributed by atoms with Gasteiger partial charge >= 0.3 is 0 Å². The van der Waals surface area contributed by atoms with Gasteiger partial charge in [-0.1, -0.05) is 76.6 Å². The van der Waals surface area contributed by atoms with Crippen molar-refractivity contribution in [2.24, 2.45) is 11.8 Å². The SMILES string of the molecule is C=C[C@@H]1C[C@]1(NC(=O)C1Cc2cc(Oc3cccc(Cl)c3)ccc2CN1C(=O)[C@@H](Nc1cccc(C(C)(C)C)c1)C(C)C)C(=O)NS(=O)(=O)C1CC1. The van der Waals surface area contributed by atoms with E-state index in [9.17, 15) is 22.8 Å². The molecule has 2 aliphatic carbocycles. The fraction of sp³-hybridized carbons (Fsp3) is 0.425. The van der Waals surface area contributed by atoms with Crippen LogP contribution in [0.2, 0.25) is 5.02 Å². The molecular weight excluding hydrogens is 700 g/mol. The summed E-state index contributed by atoms with van der Waals surface area (Å²) < 4.78 is 33.8. The van der Waals surface area contributed by atoms with E-state index in [0.717, 1.165) is 22.4 Å². The van der Waals surface area contributed by atoms with Gasteiger partial charge < -0.3 is 20.3 Å². The van der Waals surface area contributed by atoms with Gasteiger partial charge in [-0.15, -0.1) is 6.58 Å². The van der Waals surface area contributed by atoms with E-state index in [1.807, 2.05) is 50.2 Å². The van der Waals surface area contributed by atoms with E-state index in [1.165, 1.54) is 0 Å². The summed E-state index contributed by atoms with van der Waals surface area (Å²) in [6.45, 7) is 14.2. The minimum Gasteiger partial charge on any atom is -0.457 e. The molecular formula is C40H47ClN4O6S. The molecule has 2 fully saturated rings. The van der Waals surface area contributed by atoms with Crippen LogP contribution in [-0.4, -0.2) is 53.9 Å². The molecule has 12 heteroatoms. The average molecular weight is 747 g/mol. The Kier molecular flexibility index (Phi) is 10.2. The summed E-state index contributed by atoms with van der Waals surface area (Å²) in [4.78, 5) is 44.2. The topological polar surface area (TPSA) is 134 Å². The zero-order chi connectivity index (χ0) is 37.6. The summed E-state index contributed by atoms with van der Waals surface area (Å²) in [6.07, 6.45) is 2.86. The number of nitrogens with zero attached hydrogens (tertiary/aromatic N) is 1. The molecule has 0 radical (unpaired) electrons. The summed E-state index contributed by atoms with van der Waals surface area (Å²) in [5, 5.41) is 6.26. The van der Waals surface area contributed by atoms with Crippen molar-refractivity contribution in [1.82, 2.24) is 14.9 Å². The Bertz CT molecular complexity index is 2010. The van der Waals surface area contributed by atoms with Crippen LogP contribution in [0.4, 0.5) is 5.69 Å². The maximum atomic E-state index is 14.7. The van der Waals surface area contributed by atoms with Crippen LogP contribution in [0.15, 0.2) is 79.4 Å². The lowest BCUT2D eigenvalue weighted by atomic mass is 9.87. The van der Waals surface area contributed by atoms with Gasteiger partial charge in [-0.05, 0) is 89.8 Å². The van der Waals surface area contributed by atoms with E-state index >= 15 is 0 Å². The fourth-order valence-corrected chi connectivity index (χ4v) is 8.27. The molecule has 1 unspecified atom stereocenters. The third-order valence-electron chi connectivity index (χ3n) is 10.2. The van der Waals surface area contributed by atoms with Crippen molar-refractivity contribution in [2.45, 2.75) is 95.1 Å². The second kappa shape index (κ2) is 14.2. The molecule has 0 bridgehead atoms. The summed E-state index contributed by atoms with van der Waals surface area (Å²) in [7, 11) is -3.86. The number of hydrogen-bond acceptors (Lipinski definition) is 7. The van der Waals surface area contributed by atoms with Crippen LogP contribution in [0.3, 0.4) is 0 Å². The Morgan fingerprint density at radius 1 is 1.00 bits per heavy atom. The van der Waals surface area contributed by atoms with Crippen LogP contribution in [0.1, 0.15) is 70.6 Å². The number of benzene rings is 3. The van der Waals surface area contributed by atoms with Crippen LogP contribution >= 0.6 is 11.6 Å². The molecule has 6 rings (SSSR count). The molecule has 276 valence electrons. The van der Waals surface area contributed by atoms with Crippen LogP contribution in [-0.2, 0) is 42.8 Å². The first-order valence-electron chi connectivity index (χ1n) is 17.7. The van der Waals surface area contributed by atoms with Gasteiger partial charge in [0.25, 0.3) is 5.91 Å². The standard InChI is InChI=1S/C40H47ClN4O6S/c1-7-27-22-40(27,38(48)44-52(49,50)33-16-17-33)43-36(46)34-19-26-18-32(51-31-13-9-11-29(41)21-31)15-14-25(26)23-45(34)37(47)35(24(2)3)42-30-12-8-10-28(20-30)39(4,5)6/h7-15,18,20-21,24,27,33-35,42H,1,16-17,19,22-23H2,2-6H3,(H,43,46)(H,44,48)/t27-,34?,35+,40-/m1/s1. The molecule has 3 amide bonds. The van der Waals surface area contributed by atoms with E-state index in [2.05, 4.69) is 48.8 Å². The number of hydrogen-bond donors (Lipinski definition) is 3.